The van der Waals surface area contributed by atoms with Gasteiger partial charge in [-0.25, -0.2) is 4.79 Å². The van der Waals surface area contributed by atoms with Crippen molar-refractivity contribution in [2.75, 3.05) is 0 Å². The fourth-order valence-electron chi connectivity index (χ4n) is 1.01. The molecule has 0 saturated carbocycles. The molecule has 0 spiro atoms. The van der Waals surface area contributed by atoms with Crippen LogP contribution in [0.15, 0.2) is 22.3 Å². The summed E-state index contributed by atoms with van der Waals surface area (Å²) in [6, 6.07) is 1.81. The van der Waals surface area contributed by atoms with Crippen molar-refractivity contribution in [2.45, 2.75) is 20.3 Å². The highest BCUT2D eigenvalue weighted by molar-refractivity contribution is 5.91. The largest absolute Gasteiger partial charge is 0.478 e. The third-order valence-electron chi connectivity index (χ3n) is 1.86. The molecule has 13 heavy (non-hydrogen) atoms. The van der Waals surface area contributed by atoms with E-state index in [1.54, 1.807) is 25.3 Å². The highest BCUT2D eigenvalue weighted by Crippen LogP contribution is 2.14. The van der Waals surface area contributed by atoms with Gasteiger partial charge in [0.1, 0.15) is 5.76 Å². The van der Waals surface area contributed by atoms with Gasteiger partial charge in [0, 0.05) is 5.57 Å². The van der Waals surface area contributed by atoms with Crippen molar-refractivity contribution in [2.24, 2.45) is 0 Å². The zero-order valence-electron chi connectivity index (χ0n) is 7.70. The molecule has 0 unspecified atom stereocenters. The molecule has 0 fully saturated rings. The van der Waals surface area contributed by atoms with Gasteiger partial charge in [0.2, 0.25) is 0 Å². The van der Waals surface area contributed by atoms with Crippen molar-refractivity contribution in [3.8, 4) is 0 Å². The van der Waals surface area contributed by atoms with Crippen molar-refractivity contribution in [3.63, 3.8) is 0 Å². The zero-order chi connectivity index (χ0) is 9.84. The molecule has 0 amide bonds. The SMILES string of the molecule is CC/C(=C\c1occc1C)C(=O)O. The van der Waals surface area contributed by atoms with Gasteiger partial charge in [-0.3, -0.25) is 0 Å². The third kappa shape index (κ3) is 2.21. The average Bonchev–Trinajstić information content (AvgIpc) is 2.46. The monoisotopic (exact) mass is 180 g/mol. The first-order valence-electron chi connectivity index (χ1n) is 4.13. The topological polar surface area (TPSA) is 50.4 Å². The van der Waals surface area contributed by atoms with Gasteiger partial charge in [0.15, 0.2) is 0 Å². The molecule has 1 aromatic heterocycles. The molecular weight excluding hydrogens is 168 g/mol. The Bertz CT molecular complexity index is 334. The smallest absolute Gasteiger partial charge is 0.331 e. The molecule has 3 heteroatoms. The number of carboxylic acid groups (broad SMARTS) is 1. The molecule has 0 aliphatic heterocycles. The molecule has 0 aliphatic rings. The molecular formula is C10H12O3. The van der Waals surface area contributed by atoms with E-state index in [0.717, 1.165) is 5.56 Å². The van der Waals surface area contributed by atoms with E-state index in [9.17, 15) is 4.79 Å². The maximum Gasteiger partial charge on any atom is 0.331 e. The van der Waals surface area contributed by atoms with Gasteiger partial charge in [0.25, 0.3) is 0 Å². The molecule has 70 valence electrons. The molecule has 0 atom stereocenters. The van der Waals surface area contributed by atoms with E-state index in [-0.39, 0.29) is 0 Å². The van der Waals surface area contributed by atoms with Crippen LogP contribution >= 0.6 is 0 Å². The van der Waals surface area contributed by atoms with E-state index < -0.39 is 5.97 Å². The summed E-state index contributed by atoms with van der Waals surface area (Å²) in [5.74, 6) is -0.266. The zero-order valence-corrected chi connectivity index (χ0v) is 7.70. The maximum atomic E-state index is 10.7. The number of rotatable bonds is 3. The number of aryl methyl sites for hydroxylation is 1. The van der Waals surface area contributed by atoms with Crippen molar-refractivity contribution in [1.29, 1.82) is 0 Å². The molecule has 0 saturated heterocycles. The summed E-state index contributed by atoms with van der Waals surface area (Å²) in [5.41, 5.74) is 1.31. The summed E-state index contributed by atoms with van der Waals surface area (Å²) in [6.45, 7) is 3.68. The van der Waals surface area contributed by atoms with E-state index >= 15 is 0 Å². The lowest BCUT2D eigenvalue weighted by atomic mass is 10.1. The second-order valence-electron chi connectivity index (χ2n) is 2.80. The normalized spacial score (nSPS) is 11.7. The number of carboxylic acids is 1. The molecule has 1 aromatic rings. The van der Waals surface area contributed by atoms with Crippen LogP contribution in [0.2, 0.25) is 0 Å². The van der Waals surface area contributed by atoms with Crippen molar-refractivity contribution in [3.05, 3.63) is 29.2 Å². The van der Waals surface area contributed by atoms with Gasteiger partial charge in [0.05, 0.1) is 6.26 Å². The van der Waals surface area contributed by atoms with Crippen LogP contribution in [0.3, 0.4) is 0 Å². The van der Waals surface area contributed by atoms with E-state index in [1.165, 1.54) is 0 Å². The Morgan fingerprint density at radius 1 is 1.69 bits per heavy atom. The van der Waals surface area contributed by atoms with Crippen LogP contribution < -0.4 is 0 Å². The summed E-state index contributed by atoms with van der Waals surface area (Å²) in [4.78, 5) is 10.7. The second-order valence-corrected chi connectivity index (χ2v) is 2.80. The summed E-state index contributed by atoms with van der Waals surface area (Å²) < 4.78 is 5.11. The Hall–Kier alpha value is -1.51. The Labute approximate surface area is 76.7 Å². The minimum atomic E-state index is -0.890. The summed E-state index contributed by atoms with van der Waals surface area (Å²) in [5, 5.41) is 8.75. The first-order chi connectivity index (χ1) is 6.15. The Morgan fingerprint density at radius 3 is 2.77 bits per heavy atom. The number of aliphatic carboxylic acids is 1. The van der Waals surface area contributed by atoms with Gasteiger partial charge in [-0.2, -0.15) is 0 Å². The lowest BCUT2D eigenvalue weighted by molar-refractivity contribution is -0.132. The van der Waals surface area contributed by atoms with Crippen LogP contribution in [0, 0.1) is 6.92 Å². The number of hydrogen-bond donors (Lipinski definition) is 1. The quantitative estimate of drug-likeness (QED) is 0.727. The molecule has 0 aromatic carbocycles. The van der Waals surface area contributed by atoms with Gasteiger partial charge in [-0.05, 0) is 31.1 Å². The lowest BCUT2D eigenvalue weighted by Crippen LogP contribution is -1.98. The lowest BCUT2D eigenvalue weighted by Gasteiger charge is -1.96. The van der Waals surface area contributed by atoms with E-state index in [0.29, 0.717) is 17.8 Å². The van der Waals surface area contributed by atoms with E-state index in [2.05, 4.69) is 0 Å². The Kier molecular flexibility index (Phi) is 2.90. The maximum absolute atomic E-state index is 10.7. The molecule has 1 heterocycles. The van der Waals surface area contributed by atoms with Gasteiger partial charge in [-0.1, -0.05) is 6.92 Å². The minimum absolute atomic E-state index is 0.359. The average molecular weight is 180 g/mol. The molecule has 3 nitrogen and oxygen atoms in total. The van der Waals surface area contributed by atoms with Crippen LogP contribution in [0.5, 0.6) is 0 Å². The van der Waals surface area contributed by atoms with E-state index in [4.69, 9.17) is 9.52 Å². The summed E-state index contributed by atoms with van der Waals surface area (Å²) in [6.07, 6.45) is 3.61. The Morgan fingerprint density at radius 2 is 2.38 bits per heavy atom. The van der Waals surface area contributed by atoms with Crippen LogP contribution in [0.25, 0.3) is 6.08 Å². The van der Waals surface area contributed by atoms with Crippen LogP contribution in [0.4, 0.5) is 0 Å². The van der Waals surface area contributed by atoms with Crippen molar-refractivity contribution in [1.82, 2.24) is 0 Å². The fourth-order valence-corrected chi connectivity index (χ4v) is 1.01. The highest BCUT2D eigenvalue weighted by atomic mass is 16.4. The van der Waals surface area contributed by atoms with Crippen LogP contribution in [0.1, 0.15) is 24.7 Å². The Balaban J connectivity index is 2.98. The predicted molar refractivity (Wildman–Crippen MR) is 49.3 cm³/mol. The third-order valence-corrected chi connectivity index (χ3v) is 1.86. The standard InChI is InChI=1S/C10H12O3/c1-3-8(10(11)12)6-9-7(2)4-5-13-9/h4-6H,3H2,1-2H3,(H,11,12)/b8-6+. The van der Waals surface area contributed by atoms with Crippen molar-refractivity contribution < 1.29 is 14.3 Å². The molecule has 1 N–H and O–H groups in total. The number of hydrogen-bond acceptors (Lipinski definition) is 2. The summed E-state index contributed by atoms with van der Waals surface area (Å²) in [7, 11) is 0. The highest BCUT2D eigenvalue weighted by Gasteiger charge is 2.06. The van der Waals surface area contributed by atoms with Crippen LogP contribution in [-0.4, -0.2) is 11.1 Å². The number of carbonyl (C=O) groups is 1. The first kappa shape index (κ1) is 9.58. The van der Waals surface area contributed by atoms with Gasteiger partial charge in [-0.15, -0.1) is 0 Å². The van der Waals surface area contributed by atoms with Crippen molar-refractivity contribution >= 4 is 12.0 Å². The second kappa shape index (κ2) is 3.94. The molecule has 0 aliphatic carbocycles. The van der Waals surface area contributed by atoms with Crippen LogP contribution in [-0.2, 0) is 4.79 Å². The van der Waals surface area contributed by atoms with Gasteiger partial charge >= 0.3 is 5.97 Å². The van der Waals surface area contributed by atoms with Gasteiger partial charge < -0.3 is 9.52 Å². The molecule has 0 bridgehead atoms. The first-order valence-corrected chi connectivity index (χ1v) is 4.13. The van der Waals surface area contributed by atoms with E-state index in [1.807, 2.05) is 6.92 Å². The minimum Gasteiger partial charge on any atom is -0.478 e. The fraction of sp³-hybridized carbons (Fsp3) is 0.300. The number of furan rings is 1. The summed E-state index contributed by atoms with van der Waals surface area (Å²) >= 11 is 0. The predicted octanol–water partition coefficient (Wildman–Crippen LogP) is 2.47. The molecule has 0 radical (unpaired) electrons. The molecule has 1 rings (SSSR count).